The summed E-state index contributed by atoms with van der Waals surface area (Å²) in [7, 11) is -3.74. The van der Waals surface area contributed by atoms with Crippen LogP contribution in [0.2, 0.25) is 15.1 Å². The van der Waals surface area contributed by atoms with Gasteiger partial charge in [0.2, 0.25) is 0 Å². The minimum absolute atomic E-state index is 0.107. The van der Waals surface area contributed by atoms with Crippen molar-refractivity contribution in [1.29, 1.82) is 0 Å². The summed E-state index contributed by atoms with van der Waals surface area (Å²) < 4.78 is 26.9. The van der Waals surface area contributed by atoms with E-state index in [0.717, 1.165) is 0 Å². The molecule has 0 spiro atoms. The number of anilines is 1. The van der Waals surface area contributed by atoms with Gasteiger partial charge in [-0.3, -0.25) is 4.72 Å². The molecule has 0 aliphatic rings. The van der Waals surface area contributed by atoms with Gasteiger partial charge in [-0.25, -0.2) is 8.42 Å². The van der Waals surface area contributed by atoms with Gasteiger partial charge in [0.15, 0.2) is 0 Å². The molecule has 0 heterocycles. The minimum Gasteiger partial charge on any atom is -0.278 e. The molecule has 2 aromatic rings. The average molecular weight is 351 g/mol. The molecule has 1 N–H and O–H groups in total. The van der Waals surface area contributed by atoms with Crippen molar-refractivity contribution in [1.82, 2.24) is 0 Å². The largest absolute Gasteiger partial charge is 0.278 e. The van der Waals surface area contributed by atoms with Gasteiger partial charge in [0, 0.05) is 10.0 Å². The van der Waals surface area contributed by atoms with E-state index in [9.17, 15) is 8.42 Å². The number of halogens is 3. The molecule has 0 atom stereocenters. The third kappa shape index (κ3) is 3.38. The first-order valence-electron chi connectivity index (χ1n) is 5.53. The molecule has 0 aliphatic carbocycles. The van der Waals surface area contributed by atoms with Crippen molar-refractivity contribution in [3.8, 4) is 0 Å². The summed E-state index contributed by atoms with van der Waals surface area (Å²) in [6.45, 7) is 1.73. The predicted octanol–water partition coefficient (Wildman–Crippen LogP) is 4.76. The molecule has 20 heavy (non-hydrogen) atoms. The second kappa shape index (κ2) is 5.82. The van der Waals surface area contributed by atoms with Crippen molar-refractivity contribution in [3.63, 3.8) is 0 Å². The van der Waals surface area contributed by atoms with Crippen LogP contribution >= 0.6 is 34.8 Å². The Bertz CT molecular complexity index is 760. The fraction of sp³-hybridized carbons (Fsp3) is 0.0769. The molecule has 0 saturated heterocycles. The standard InChI is InChI=1S/C13H10Cl3NO2S/c1-8-6-10(3-5-11(8)15)20(18,19)17-13-7-9(14)2-4-12(13)16/h2-7,17H,1H3. The van der Waals surface area contributed by atoms with Crippen LogP contribution in [-0.2, 0) is 10.0 Å². The molecular weight excluding hydrogens is 341 g/mol. The molecule has 7 heteroatoms. The highest BCUT2D eigenvalue weighted by molar-refractivity contribution is 7.92. The van der Waals surface area contributed by atoms with Gasteiger partial charge in [0.25, 0.3) is 10.0 Å². The summed E-state index contributed by atoms with van der Waals surface area (Å²) in [4.78, 5) is 0.107. The zero-order chi connectivity index (χ0) is 14.9. The molecule has 0 bridgehead atoms. The lowest BCUT2D eigenvalue weighted by Crippen LogP contribution is -2.13. The van der Waals surface area contributed by atoms with Gasteiger partial charge in [0.1, 0.15) is 0 Å². The van der Waals surface area contributed by atoms with E-state index in [2.05, 4.69) is 4.72 Å². The van der Waals surface area contributed by atoms with E-state index in [0.29, 0.717) is 15.6 Å². The Kier molecular flexibility index (Phi) is 4.49. The monoisotopic (exact) mass is 349 g/mol. The Morgan fingerprint density at radius 1 is 0.950 bits per heavy atom. The summed E-state index contributed by atoms with van der Waals surface area (Å²) >= 11 is 17.6. The average Bonchev–Trinajstić information content (AvgIpc) is 2.36. The van der Waals surface area contributed by atoms with Crippen LogP contribution in [0.1, 0.15) is 5.56 Å². The van der Waals surface area contributed by atoms with Crippen molar-refractivity contribution < 1.29 is 8.42 Å². The molecule has 0 fully saturated rings. The topological polar surface area (TPSA) is 46.2 Å². The molecule has 0 saturated carbocycles. The van der Waals surface area contributed by atoms with E-state index in [-0.39, 0.29) is 15.6 Å². The number of hydrogen-bond donors (Lipinski definition) is 1. The summed E-state index contributed by atoms with van der Waals surface area (Å²) in [6.07, 6.45) is 0. The van der Waals surface area contributed by atoms with Crippen molar-refractivity contribution in [2.45, 2.75) is 11.8 Å². The van der Waals surface area contributed by atoms with Crippen LogP contribution in [0, 0.1) is 6.92 Å². The zero-order valence-corrected chi connectivity index (χ0v) is 13.4. The summed E-state index contributed by atoms with van der Waals surface area (Å²) in [5.41, 5.74) is 0.901. The molecule has 0 unspecified atom stereocenters. The highest BCUT2D eigenvalue weighted by Gasteiger charge is 2.16. The number of hydrogen-bond acceptors (Lipinski definition) is 2. The van der Waals surface area contributed by atoms with Crippen LogP contribution in [0.25, 0.3) is 0 Å². The van der Waals surface area contributed by atoms with Crippen LogP contribution in [0.3, 0.4) is 0 Å². The lowest BCUT2D eigenvalue weighted by Gasteiger charge is -2.11. The third-order valence-corrected chi connectivity index (χ3v) is 4.96. The normalized spacial score (nSPS) is 11.4. The van der Waals surface area contributed by atoms with Crippen LogP contribution in [0.4, 0.5) is 5.69 Å². The van der Waals surface area contributed by atoms with Crippen molar-refractivity contribution in [2.24, 2.45) is 0 Å². The highest BCUT2D eigenvalue weighted by Crippen LogP contribution is 2.28. The molecule has 0 radical (unpaired) electrons. The van der Waals surface area contributed by atoms with Crippen LogP contribution in [0.15, 0.2) is 41.3 Å². The Morgan fingerprint density at radius 3 is 2.25 bits per heavy atom. The molecular formula is C13H10Cl3NO2S. The molecule has 106 valence electrons. The number of nitrogens with one attached hydrogen (secondary N) is 1. The van der Waals surface area contributed by atoms with Crippen LogP contribution in [0.5, 0.6) is 0 Å². The molecule has 2 aromatic carbocycles. The van der Waals surface area contributed by atoms with E-state index in [4.69, 9.17) is 34.8 Å². The fourth-order valence-electron chi connectivity index (χ4n) is 1.56. The van der Waals surface area contributed by atoms with E-state index in [1.165, 1.54) is 30.3 Å². The SMILES string of the molecule is Cc1cc(S(=O)(=O)Nc2cc(Cl)ccc2Cl)ccc1Cl. The smallest absolute Gasteiger partial charge is 0.261 e. The van der Waals surface area contributed by atoms with Crippen LogP contribution < -0.4 is 4.72 Å². The van der Waals surface area contributed by atoms with Gasteiger partial charge in [-0.1, -0.05) is 34.8 Å². The molecule has 0 amide bonds. The maximum Gasteiger partial charge on any atom is 0.261 e. The van der Waals surface area contributed by atoms with Crippen molar-refractivity contribution >= 4 is 50.5 Å². The lowest BCUT2D eigenvalue weighted by molar-refractivity contribution is 0.601. The fourth-order valence-corrected chi connectivity index (χ4v) is 3.23. The molecule has 0 aromatic heterocycles. The summed E-state index contributed by atoms with van der Waals surface area (Å²) in [5, 5.41) is 1.16. The Hall–Kier alpha value is -0.940. The third-order valence-electron chi connectivity index (χ3n) is 2.61. The van der Waals surface area contributed by atoms with E-state index >= 15 is 0 Å². The van der Waals surface area contributed by atoms with E-state index in [1.54, 1.807) is 13.0 Å². The van der Waals surface area contributed by atoms with Crippen molar-refractivity contribution in [2.75, 3.05) is 4.72 Å². The maximum atomic E-state index is 12.3. The van der Waals surface area contributed by atoms with Gasteiger partial charge in [-0.2, -0.15) is 0 Å². The Labute approximate surface area is 132 Å². The molecule has 0 aliphatic heterocycles. The van der Waals surface area contributed by atoms with Gasteiger partial charge in [-0.05, 0) is 48.9 Å². The molecule has 3 nitrogen and oxygen atoms in total. The van der Waals surface area contributed by atoms with Gasteiger partial charge in [0.05, 0.1) is 15.6 Å². The second-order valence-corrected chi connectivity index (χ2v) is 7.07. The molecule has 2 rings (SSSR count). The van der Waals surface area contributed by atoms with Gasteiger partial charge in [-0.15, -0.1) is 0 Å². The minimum atomic E-state index is -3.74. The predicted molar refractivity (Wildman–Crippen MR) is 83.5 cm³/mol. The number of rotatable bonds is 3. The first-order valence-corrected chi connectivity index (χ1v) is 8.15. The van der Waals surface area contributed by atoms with Crippen LogP contribution in [-0.4, -0.2) is 8.42 Å². The number of sulfonamides is 1. The number of benzene rings is 2. The first kappa shape index (κ1) is 15.4. The lowest BCUT2D eigenvalue weighted by atomic mass is 10.2. The summed E-state index contributed by atoms with van der Waals surface area (Å²) in [5.74, 6) is 0. The van der Waals surface area contributed by atoms with E-state index in [1.807, 2.05) is 0 Å². The summed E-state index contributed by atoms with van der Waals surface area (Å²) in [6, 6.07) is 9.00. The zero-order valence-electron chi connectivity index (χ0n) is 10.3. The Morgan fingerprint density at radius 2 is 1.60 bits per heavy atom. The quantitative estimate of drug-likeness (QED) is 0.867. The second-order valence-electron chi connectivity index (χ2n) is 4.14. The first-order chi connectivity index (χ1) is 9.29. The number of aryl methyl sites for hydroxylation is 1. The Balaban J connectivity index is 2.40. The van der Waals surface area contributed by atoms with Gasteiger partial charge >= 0.3 is 0 Å². The highest BCUT2D eigenvalue weighted by atomic mass is 35.5. The van der Waals surface area contributed by atoms with Crippen molar-refractivity contribution in [3.05, 3.63) is 57.0 Å². The van der Waals surface area contributed by atoms with E-state index < -0.39 is 10.0 Å². The maximum absolute atomic E-state index is 12.3. The van der Waals surface area contributed by atoms with Gasteiger partial charge < -0.3 is 0 Å².